The second-order valence-electron chi connectivity index (χ2n) is 7.17. The number of nitrogens with zero attached hydrogens (tertiary/aromatic N) is 1. The minimum absolute atomic E-state index is 0.220. The molecule has 0 heterocycles. The van der Waals surface area contributed by atoms with Crippen LogP contribution >= 0.6 is 11.6 Å². The highest BCUT2D eigenvalue weighted by molar-refractivity contribution is 6.30. The zero-order chi connectivity index (χ0) is 20.7. The smallest absolute Gasteiger partial charge is 0.310 e. The van der Waals surface area contributed by atoms with Gasteiger partial charge in [-0.2, -0.15) is 0 Å². The van der Waals surface area contributed by atoms with Gasteiger partial charge in [0, 0.05) is 23.2 Å². The fraction of sp³-hybridized carbons (Fsp3) is 0.409. The summed E-state index contributed by atoms with van der Waals surface area (Å²) in [7, 11) is 3.84. The molecule has 1 aromatic carbocycles. The maximum absolute atomic E-state index is 14.0. The first kappa shape index (κ1) is 22.3. The third-order valence-electron chi connectivity index (χ3n) is 4.46. The fourth-order valence-electron chi connectivity index (χ4n) is 3.22. The SMILES string of the molecule is CCOC(=O)C(CC(N)C=C1C=CC(c2cc(Cl)ccc2F)=CC1)CN(C)C. The van der Waals surface area contributed by atoms with E-state index in [-0.39, 0.29) is 23.7 Å². The lowest BCUT2D eigenvalue weighted by atomic mass is 9.93. The van der Waals surface area contributed by atoms with Gasteiger partial charge in [0.1, 0.15) is 5.82 Å². The predicted octanol–water partition coefficient (Wildman–Crippen LogP) is 4.21. The number of allylic oxidation sites excluding steroid dienone is 5. The molecule has 152 valence electrons. The van der Waals surface area contributed by atoms with Crippen LogP contribution in [0.5, 0.6) is 0 Å². The molecule has 2 rings (SSSR count). The first-order valence-corrected chi connectivity index (χ1v) is 9.79. The van der Waals surface area contributed by atoms with Crippen LogP contribution < -0.4 is 5.73 Å². The lowest BCUT2D eigenvalue weighted by Gasteiger charge is -2.22. The van der Waals surface area contributed by atoms with Crippen LogP contribution in [0.1, 0.15) is 25.3 Å². The van der Waals surface area contributed by atoms with E-state index in [9.17, 15) is 9.18 Å². The van der Waals surface area contributed by atoms with E-state index < -0.39 is 0 Å². The highest BCUT2D eigenvalue weighted by Crippen LogP contribution is 2.28. The third kappa shape index (κ3) is 6.59. The minimum Gasteiger partial charge on any atom is -0.466 e. The number of esters is 1. The van der Waals surface area contributed by atoms with Crippen LogP contribution in [0.25, 0.3) is 5.57 Å². The standard InChI is InChI=1S/C22H28ClFN2O2/c1-4-28-22(27)17(14-26(2)3)12-19(25)11-15-5-7-16(8-6-15)20-13-18(23)9-10-21(20)24/h5,7-11,13,17,19H,4,6,12,14,25H2,1-3H3. The second kappa shape index (κ2) is 10.6. The molecular formula is C22H28ClFN2O2. The fourth-order valence-corrected chi connectivity index (χ4v) is 3.39. The maximum atomic E-state index is 14.0. The van der Waals surface area contributed by atoms with E-state index in [4.69, 9.17) is 22.1 Å². The van der Waals surface area contributed by atoms with Crippen molar-refractivity contribution in [2.75, 3.05) is 27.2 Å². The zero-order valence-electron chi connectivity index (χ0n) is 16.6. The predicted molar refractivity (Wildman–Crippen MR) is 112 cm³/mol. The quantitative estimate of drug-likeness (QED) is 0.657. The van der Waals surface area contributed by atoms with Crippen LogP contribution in [0.4, 0.5) is 4.39 Å². The van der Waals surface area contributed by atoms with E-state index in [1.54, 1.807) is 13.0 Å². The van der Waals surface area contributed by atoms with Gasteiger partial charge in [-0.15, -0.1) is 0 Å². The van der Waals surface area contributed by atoms with Crippen LogP contribution in [0.15, 0.2) is 48.1 Å². The van der Waals surface area contributed by atoms with Gasteiger partial charge in [0.25, 0.3) is 0 Å². The lowest BCUT2D eigenvalue weighted by Crippen LogP contribution is -2.34. The third-order valence-corrected chi connectivity index (χ3v) is 4.70. The van der Waals surface area contributed by atoms with Crippen LogP contribution in [0.3, 0.4) is 0 Å². The summed E-state index contributed by atoms with van der Waals surface area (Å²) in [6, 6.07) is 4.25. The van der Waals surface area contributed by atoms with E-state index in [0.717, 1.165) is 11.1 Å². The van der Waals surface area contributed by atoms with Gasteiger partial charge < -0.3 is 15.4 Å². The van der Waals surface area contributed by atoms with E-state index in [1.807, 2.05) is 43.3 Å². The van der Waals surface area contributed by atoms with Gasteiger partial charge in [-0.1, -0.05) is 35.9 Å². The Hall–Kier alpha value is -1.95. The monoisotopic (exact) mass is 406 g/mol. The van der Waals surface area contributed by atoms with Gasteiger partial charge in [-0.3, -0.25) is 4.79 Å². The molecule has 0 radical (unpaired) electrons. The van der Waals surface area contributed by atoms with E-state index in [1.165, 1.54) is 12.1 Å². The highest BCUT2D eigenvalue weighted by atomic mass is 35.5. The van der Waals surface area contributed by atoms with Crippen LogP contribution in [-0.2, 0) is 9.53 Å². The van der Waals surface area contributed by atoms with Crippen molar-refractivity contribution in [3.8, 4) is 0 Å². The molecule has 0 bridgehead atoms. The number of ether oxygens (including phenoxy) is 1. The summed E-state index contributed by atoms with van der Waals surface area (Å²) in [5.74, 6) is -0.797. The molecule has 2 N–H and O–H groups in total. The summed E-state index contributed by atoms with van der Waals surface area (Å²) in [6.07, 6.45) is 8.85. The summed E-state index contributed by atoms with van der Waals surface area (Å²) >= 11 is 5.98. The average molecular weight is 407 g/mol. The van der Waals surface area contributed by atoms with Crippen molar-refractivity contribution in [1.82, 2.24) is 4.90 Å². The molecule has 1 aliphatic carbocycles. The number of hydrogen-bond donors (Lipinski definition) is 1. The van der Waals surface area contributed by atoms with Gasteiger partial charge in [-0.05, 0) is 63.2 Å². The van der Waals surface area contributed by atoms with E-state index >= 15 is 0 Å². The first-order chi connectivity index (χ1) is 13.3. The molecular weight excluding hydrogens is 379 g/mol. The molecule has 0 aromatic heterocycles. The van der Waals surface area contributed by atoms with Crippen molar-refractivity contribution in [2.24, 2.45) is 11.7 Å². The molecule has 1 aliphatic rings. The normalized spacial score (nSPS) is 17.5. The molecule has 6 heteroatoms. The number of rotatable bonds is 8. The summed E-state index contributed by atoms with van der Waals surface area (Å²) in [6.45, 7) is 2.74. The molecule has 2 atom stereocenters. The van der Waals surface area contributed by atoms with Crippen molar-refractivity contribution in [3.05, 3.63) is 64.5 Å². The van der Waals surface area contributed by atoms with E-state index in [2.05, 4.69) is 0 Å². The maximum Gasteiger partial charge on any atom is 0.310 e. The number of halogens is 2. The summed E-state index contributed by atoms with van der Waals surface area (Å²) in [4.78, 5) is 14.1. The lowest BCUT2D eigenvalue weighted by molar-refractivity contribution is -0.148. The average Bonchev–Trinajstić information content (AvgIpc) is 2.63. The van der Waals surface area contributed by atoms with Crippen LogP contribution in [0.2, 0.25) is 5.02 Å². The number of hydrogen-bond acceptors (Lipinski definition) is 4. The zero-order valence-corrected chi connectivity index (χ0v) is 17.4. The molecule has 2 unspecified atom stereocenters. The Morgan fingerprint density at radius 1 is 1.39 bits per heavy atom. The number of nitrogens with two attached hydrogens (primary N) is 1. The molecule has 1 aromatic rings. The Kier molecular flexibility index (Phi) is 8.42. The minimum atomic E-state index is -0.301. The first-order valence-electron chi connectivity index (χ1n) is 9.41. The molecule has 0 saturated carbocycles. The Balaban J connectivity index is 2.04. The summed E-state index contributed by atoms with van der Waals surface area (Å²) in [5.41, 5.74) is 8.58. The summed E-state index contributed by atoms with van der Waals surface area (Å²) in [5, 5.41) is 0.500. The van der Waals surface area contributed by atoms with Crippen molar-refractivity contribution in [3.63, 3.8) is 0 Å². The Bertz CT molecular complexity index is 787. The van der Waals surface area contributed by atoms with Crippen LogP contribution in [-0.4, -0.2) is 44.2 Å². The van der Waals surface area contributed by atoms with Crippen LogP contribution in [0, 0.1) is 11.7 Å². The van der Waals surface area contributed by atoms with E-state index in [0.29, 0.717) is 36.6 Å². The number of carbonyl (C=O) groups is 1. The van der Waals surface area contributed by atoms with Crippen molar-refractivity contribution >= 4 is 23.1 Å². The molecule has 0 fully saturated rings. The molecule has 0 spiro atoms. The number of benzene rings is 1. The Morgan fingerprint density at radius 3 is 2.75 bits per heavy atom. The van der Waals surface area contributed by atoms with Gasteiger partial charge in [-0.25, -0.2) is 4.39 Å². The van der Waals surface area contributed by atoms with Crippen molar-refractivity contribution < 1.29 is 13.9 Å². The molecule has 0 saturated heterocycles. The Morgan fingerprint density at radius 2 is 2.14 bits per heavy atom. The number of carbonyl (C=O) groups excluding carboxylic acids is 1. The van der Waals surface area contributed by atoms with Gasteiger partial charge >= 0.3 is 5.97 Å². The molecule has 0 amide bonds. The van der Waals surface area contributed by atoms with Crippen molar-refractivity contribution in [2.45, 2.75) is 25.8 Å². The highest BCUT2D eigenvalue weighted by Gasteiger charge is 2.23. The topological polar surface area (TPSA) is 55.6 Å². The summed E-state index contributed by atoms with van der Waals surface area (Å²) < 4.78 is 19.2. The molecule has 4 nitrogen and oxygen atoms in total. The Labute approximate surface area is 171 Å². The van der Waals surface area contributed by atoms with Gasteiger partial charge in [0.2, 0.25) is 0 Å². The molecule has 0 aliphatic heterocycles. The van der Waals surface area contributed by atoms with Gasteiger partial charge in [0.05, 0.1) is 12.5 Å². The second-order valence-corrected chi connectivity index (χ2v) is 7.61. The largest absolute Gasteiger partial charge is 0.466 e. The van der Waals surface area contributed by atoms with Gasteiger partial charge in [0.15, 0.2) is 0 Å². The molecule has 28 heavy (non-hydrogen) atoms. The van der Waals surface area contributed by atoms with Crippen molar-refractivity contribution in [1.29, 1.82) is 0 Å².